The summed E-state index contributed by atoms with van der Waals surface area (Å²) in [6.45, 7) is 5.43. The van der Waals surface area contributed by atoms with E-state index in [4.69, 9.17) is 0 Å². The molecule has 0 aliphatic carbocycles. The lowest BCUT2D eigenvalue weighted by atomic mass is 10.1. The number of nitrogens with zero attached hydrogens (tertiary/aromatic N) is 3. The van der Waals surface area contributed by atoms with Gasteiger partial charge in [-0.1, -0.05) is 17.7 Å². The Morgan fingerprint density at radius 2 is 1.63 bits per heavy atom. The van der Waals surface area contributed by atoms with Crippen molar-refractivity contribution in [2.75, 3.05) is 32.7 Å². The van der Waals surface area contributed by atoms with Gasteiger partial charge in [0.05, 0.1) is 17.2 Å². The molecular formula is C21H26N4O4S. The molecule has 1 saturated heterocycles. The Bertz CT molecular complexity index is 1010. The van der Waals surface area contributed by atoms with Crippen molar-refractivity contribution in [2.24, 2.45) is 5.10 Å². The van der Waals surface area contributed by atoms with Crippen LogP contribution in [0.25, 0.3) is 0 Å². The summed E-state index contributed by atoms with van der Waals surface area (Å²) in [6, 6.07) is 13.4. The van der Waals surface area contributed by atoms with Gasteiger partial charge in [0.2, 0.25) is 10.0 Å². The minimum absolute atomic E-state index is 0.144. The van der Waals surface area contributed by atoms with Gasteiger partial charge in [0.1, 0.15) is 5.75 Å². The monoisotopic (exact) mass is 430 g/mol. The van der Waals surface area contributed by atoms with E-state index < -0.39 is 10.0 Å². The number of hydrazone groups is 1. The van der Waals surface area contributed by atoms with E-state index in [0.717, 1.165) is 11.1 Å². The molecule has 1 aliphatic rings. The Hall–Kier alpha value is -2.75. The van der Waals surface area contributed by atoms with Gasteiger partial charge in [-0.05, 0) is 55.8 Å². The molecule has 2 N–H and O–H groups in total. The van der Waals surface area contributed by atoms with Gasteiger partial charge >= 0.3 is 0 Å². The maximum atomic E-state index is 12.8. The lowest BCUT2D eigenvalue weighted by Crippen LogP contribution is -2.50. The van der Waals surface area contributed by atoms with Crippen molar-refractivity contribution in [2.45, 2.75) is 18.7 Å². The van der Waals surface area contributed by atoms with Gasteiger partial charge in [0.25, 0.3) is 5.91 Å². The summed E-state index contributed by atoms with van der Waals surface area (Å²) in [5, 5.41) is 13.4. The number of aromatic hydroxyl groups is 1. The first-order valence-electron chi connectivity index (χ1n) is 9.67. The van der Waals surface area contributed by atoms with Crippen LogP contribution in [0.1, 0.15) is 18.1 Å². The molecule has 0 radical (unpaired) electrons. The van der Waals surface area contributed by atoms with E-state index in [0.29, 0.717) is 36.8 Å². The highest BCUT2D eigenvalue weighted by Crippen LogP contribution is 2.18. The smallest absolute Gasteiger partial charge is 0.254 e. The van der Waals surface area contributed by atoms with Crippen LogP contribution < -0.4 is 5.43 Å². The molecule has 0 atom stereocenters. The van der Waals surface area contributed by atoms with E-state index in [2.05, 4.69) is 10.5 Å². The van der Waals surface area contributed by atoms with Crippen molar-refractivity contribution in [3.63, 3.8) is 0 Å². The molecule has 0 spiro atoms. The molecule has 8 nitrogen and oxygen atoms in total. The number of amides is 1. The summed E-state index contributed by atoms with van der Waals surface area (Å²) in [4.78, 5) is 14.4. The van der Waals surface area contributed by atoms with Crippen LogP contribution in [0.5, 0.6) is 5.75 Å². The van der Waals surface area contributed by atoms with E-state index >= 15 is 0 Å². The van der Waals surface area contributed by atoms with Gasteiger partial charge in [0.15, 0.2) is 0 Å². The Morgan fingerprint density at radius 1 is 1.03 bits per heavy atom. The molecular weight excluding hydrogens is 404 g/mol. The van der Waals surface area contributed by atoms with Crippen LogP contribution in [0.4, 0.5) is 0 Å². The summed E-state index contributed by atoms with van der Waals surface area (Å²) in [5.74, 6) is -0.0953. The zero-order valence-corrected chi connectivity index (χ0v) is 17.9. The molecule has 9 heteroatoms. The van der Waals surface area contributed by atoms with Gasteiger partial charge < -0.3 is 5.11 Å². The highest BCUT2D eigenvalue weighted by Gasteiger charge is 2.28. The molecule has 2 aromatic carbocycles. The molecule has 1 fully saturated rings. The number of phenols is 1. The second kappa shape index (κ2) is 9.38. The molecule has 1 aliphatic heterocycles. The van der Waals surface area contributed by atoms with Crippen molar-refractivity contribution in [3.8, 4) is 5.75 Å². The van der Waals surface area contributed by atoms with Gasteiger partial charge in [-0.2, -0.15) is 9.41 Å². The maximum Gasteiger partial charge on any atom is 0.254 e. The predicted molar refractivity (Wildman–Crippen MR) is 115 cm³/mol. The summed E-state index contributed by atoms with van der Waals surface area (Å²) >= 11 is 0. The third-order valence-electron chi connectivity index (χ3n) is 4.99. The highest BCUT2D eigenvalue weighted by molar-refractivity contribution is 7.89. The van der Waals surface area contributed by atoms with Crippen molar-refractivity contribution in [1.29, 1.82) is 0 Å². The van der Waals surface area contributed by atoms with Crippen LogP contribution >= 0.6 is 0 Å². The van der Waals surface area contributed by atoms with Gasteiger partial charge in [-0.25, -0.2) is 13.8 Å². The summed E-state index contributed by atoms with van der Waals surface area (Å²) in [5.41, 5.74) is 4.95. The van der Waals surface area contributed by atoms with Gasteiger partial charge in [-0.15, -0.1) is 0 Å². The number of carbonyl (C=O) groups excluding carboxylic acids is 1. The first-order valence-corrected chi connectivity index (χ1v) is 11.1. The molecule has 2 aromatic rings. The third kappa shape index (κ3) is 5.44. The van der Waals surface area contributed by atoms with Crippen molar-refractivity contribution < 1.29 is 18.3 Å². The van der Waals surface area contributed by atoms with E-state index in [1.165, 1.54) is 4.31 Å². The number of piperazine rings is 1. The maximum absolute atomic E-state index is 12.8. The van der Waals surface area contributed by atoms with Crippen molar-refractivity contribution in [1.82, 2.24) is 14.6 Å². The molecule has 0 aromatic heterocycles. The number of phenolic OH excluding ortho intramolecular Hbond substituents is 1. The second-order valence-corrected chi connectivity index (χ2v) is 9.21. The van der Waals surface area contributed by atoms with Crippen LogP contribution in [0, 0.1) is 6.92 Å². The number of rotatable bonds is 6. The van der Waals surface area contributed by atoms with E-state index in [9.17, 15) is 18.3 Å². The van der Waals surface area contributed by atoms with Gasteiger partial charge in [-0.3, -0.25) is 9.69 Å². The lowest BCUT2D eigenvalue weighted by Gasteiger charge is -2.33. The minimum Gasteiger partial charge on any atom is -0.508 e. The van der Waals surface area contributed by atoms with E-state index in [1.807, 2.05) is 11.8 Å². The fourth-order valence-electron chi connectivity index (χ4n) is 3.14. The number of carbonyl (C=O) groups is 1. The Morgan fingerprint density at radius 3 is 2.23 bits per heavy atom. The molecule has 0 saturated carbocycles. The molecule has 160 valence electrons. The van der Waals surface area contributed by atoms with Crippen LogP contribution in [0.3, 0.4) is 0 Å². The fourth-order valence-corrected chi connectivity index (χ4v) is 4.56. The van der Waals surface area contributed by atoms with Crippen LogP contribution in [-0.4, -0.2) is 67.1 Å². The number of hydrogen-bond acceptors (Lipinski definition) is 6. The zero-order chi connectivity index (χ0) is 21.7. The topological polar surface area (TPSA) is 102 Å². The summed E-state index contributed by atoms with van der Waals surface area (Å²) < 4.78 is 27.0. The highest BCUT2D eigenvalue weighted by atomic mass is 32.2. The standard InChI is InChI=1S/C21H26N4O4S/c1-16-3-9-20(10-4-16)30(28,29)25-13-11-24(12-14-25)15-21(27)23-22-17(2)18-5-7-19(26)8-6-18/h3-10,26H,11-15H2,1-2H3,(H,23,27)/b22-17-. The quantitative estimate of drug-likeness (QED) is 0.535. The largest absolute Gasteiger partial charge is 0.508 e. The van der Waals surface area contributed by atoms with E-state index in [-0.39, 0.29) is 18.2 Å². The molecule has 1 amide bonds. The molecule has 1 heterocycles. The average molecular weight is 431 g/mol. The molecule has 0 unspecified atom stereocenters. The van der Waals surface area contributed by atoms with Crippen LogP contribution in [-0.2, 0) is 14.8 Å². The minimum atomic E-state index is -3.52. The average Bonchev–Trinajstić information content (AvgIpc) is 2.73. The number of aryl methyl sites for hydroxylation is 1. The van der Waals surface area contributed by atoms with Crippen molar-refractivity contribution in [3.05, 3.63) is 59.7 Å². The number of benzene rings is 2. The molecule has 3 rings (SSSR count). The lowest BCUT2D eigenvalue weighted by molar-refractivity contribution is -0.122. The number of hydrogen-bond donors (Lipinski definition) is 2. The van der Waals surface area contributed by atoms with Crippen LogP contribution in [0.2, 0.25) is 0 Å². The first kappa shape index (κ1) is 21.9. The Labute approximate surface area is 176 Å². The predicted octanol–water partition coefficient (Wildman–Crippen LogP) is 1.55. The summed E-state index contributed by atoms with van der Waals surface area (Å²) in [7, 11) is -3.52. The number of nitrogens with one attached hydrogen (secondary N) is 1. The number of sulfonamides is 1. The molecule has 0 bridgehead atoms. The fraction of sp³-hybridized carbons (Fsp3) is 0.333. The van der Waals surface area contributed by atoms with Gasteiger partial charge in [0, 0.05) is 26.2 Å². The SMILES string of the molecule is C/C(=N/NC(=O)CN1CCN(S(=O)(=O)c2ccc(C)cc2)CC1)c1ccc(O)cc1. The third-order valence-corrected chi connectivity index (χ3v) is 6.90. The Kier molecular flexibility index (Phi) is 6.86. The molecule has 30 heavy (non-hydrogen) atoms. The second-order valence-electron chi connectivity index (χ2n) is 7.27. The van der Waals surface area contributed by atoms with E-state index in [1.54, 1.807) is 55.5 Å². The summed E-state index contributed by atoms with van der Waals surface area (Å²) in [6.07, 6.45) is 0. The first-order chi connectivity index (χ1) is 14.3. The van der Waals surface area contributed by atoms with Crippen molar-refractivity contribution >= 4 is 21.6 Å². The Balaban J connectivity index is 1.50. The van der Waals surface area contributed by atoms with Crippen LogP contribution in [0.15, 0.2) is 58.5 Å². The normalized spacial score (nSPS) is 16.4. The zero-order valence-electron chi connectivity index (χ0n) is 17.1.